The van der Waals surface area contributed by atoms with E-state index in [1.54, 1.807) is 22.0 Å². The van der Waals surface area contributed by atoms with E-state index in [0.29, 0.717) is 55.9 Å². The minimum absolute atomic E-state index is 0.296. The van der Waals surface area contributed by atoms with Crippen molar-refractivity contribution in [3.8, 4) is 17.3 Å². The van der Waals surface area contributed by atoms with Crippen LogP contribution in [-0.4, -0.2) is 69.2 Å². The van der Waals surface area contributed by atoms with E-state index < -0.39 is 6.17 Å². The number of nitriles is 1. The number of fused-ring (bicyclic) bond motifs is 1. The van der Waals surface area contributed by atoms with Gasteiger partial charge < -0.3 is 19.5 Å². The van der Waals surface area contributed by atoms with Gasteiger partial charge in [0.2, 0.25) is 0 Å². The first-order chi connectivity index (χ1) is 15.0. The molecule has 1 aliphatic heterocycles. The number of piperazine rings is 1. The molecule has 160 valence electrons. The quantitative estimate of drug-likeness (QED) is 0.695. The van der Waals surface area contributed by atoms with Gasteiger partial charge >= 0.3 is 6.09 Å². The first-order valence-electron chi connectivity index (χ1n) is 10.3. The van der Waals surface area contributed by atoms with Crippen molar-refractivity contribution in [1.29, 1.82) is 5.26 Å². The van der Waals surface area contributed by atoms with Gasteiger partial charge in [-0.25, -0.2) is 14.2 Å². The van der Waals surface area contributed by atoms with Crippen LogP contribution in [0.2, 0.25) is 0 Å². The maximum atomic E-state index is 13.0. The summed E-state index contributed by atoms with van der Waals surface area (Å²) in [5.41, 5.74) is 3.58. The molecule has 0 unspecified atom stereocenters. The van der Waals surface area contributed by atoms with Gasteiger partial charge in [-0.3, -0.25) is 4.68 Å². The molecule has 1 saturated heterocycles. The smallest absolute Gasteiger partial charge is 0.410 e. The summed E-state index contributed by atoms with van der Waals surface area (Å²) in [6.45, 7) is 2.19. The van der Waals surface area contributed by atoms with E-state index in [1.165, 1.54) is 0 Å². The molecule has 1 saturated carbocycles. The SMILES string of the molecule is Cn1cc(-c2[nH]c3nccc(N4CCN(C(=O)OC5CC(F)C5)CC4)c3c2C#N)cn1. The highest BCUT2D eigenvalue weighted by atomic mass is 19.1. The van der Waals surface area contributed by atoms with Crippen LogP contribution in [0.1, 0.15) is 18.4 Å². The highest BCUT2D eigenvalue weighted by molar-refractivity contribution is 6.00. The Balaban J connectivity index is 1.37. The summed E-state index contributed by atoms with van der Waals surface area (Å²) in [4.78, 5) is 23.8. The Morgan fingerprint density at radius 1 is 1.32 bits per heavy atom. The average Bonchev–Trinajstić information content (AvgIpc) is 3.35. The van der Waals surface area contributed by atoms with Crippen molar-refractivity contribution < 1.29 is 13.9 Å². The number of pyridine rings is 1. The molecule has 4 heterocycles. The molecule has 1 N–H and O–H groups in total. The van der Waals surface area contributed by atoms with Crippen molar-refractivity contribution >= 4 is 22.8 Å². The van der Waals surface area contributed by atoms with Crippen molar-refractivity contribution in [2.75, 3.05) is 31.1 Å². The number of halogens is 1. The number of rotatable bonds is 3. The Morgan fingerprint density at radius 3 is 2.74 bits per heavy atom. The average molecular weight is 423 g/mol. The Morgan fingerprint density at radius 2 is 2.10 bits per heavy atom. The van der Waals surface area contributed by atoms with Crippen molar-refractivity contribution in [1.82, 2.24) is 24.6 Å². The van der Waals surface area contributed by atoms with Crippen LogP contribution < -0.4 is 4.90 Å². The maximum absolute atomic E-state index is 13.0. The van der Waals surface area contributed by atoms with Crippen LogP contribution >= 0.6 is 0 Å². The number of hydrogen-bond donors (Lipinski definition) is 1. The number of hydrogen-bond acceptors (Lipinski definition) is 6. The number of aromatic amines is 1. The fourth-order valence-electron chi connectivity index (χ4n) is 4.19. The summed E-state index contributed by atoms with van der Waals surface area (Å²) in [6.07, 6.45) is 4.34. The van der Waals surface area contributed by atoms with Crippen LogP contribution in [0.3, 0.4) is 0 Å². The predicted molar refractivity (Wildman–Crippen MR) is 111 cm³/mol. The maximum Gasteiger partial charge on any atom is 0.410 e. The van der Waals surface area contributed by atoms with Gasteiger partial charge in [0.05, 0.1) is 28.5 Å². The molecule has 3 aromatic heterocycles. The Kier molecular flexibility index (Phi) is 4.73. The molecule has 2 aliphatic rings. The molecule has 2 fully saturated rings. The van der Waals surface area contributed by atoms with E-state index in [2.05, 4.69) is 26.0 Å². The Bertz CT molecular complexity index is 1170. The zero-order chi connectivity index (χ0) is 21.5. The fourth-order valence-corrected chi connectivity index (χ4v) is 4.19. The normalized spacial score (nSPS) is 21.1. The first kappa shape index (κ1) is 19.4. The van der Waals surface area contributed by atoms with Crippen LogP contribution in [0.15, 0.2) is 24.7 Å². The number of aryl methyl sites for hydroxylation is 1. The van der Waals surface area contributed by atoms with Gasteiger partial charge in [-0.15, -0.1) is 0 Å². The number of carbonyl (C=O) groups is 1. The summed E-state index contributed by atoms with van der Waals surface area (Å²) in [7, 11) is 1.83. The second-order valence-corrected chi connectivity index (χ2v) is 7.99. The van der Waals surface area contributed by atoms with Gasteiger partial charge in [0.25, 0.3) is 0 Å². The third kappa shape index (κ3) is 3.46. The molecular formula is C21H22FN7O2. The zero-order valence-electron chi connectivity index (χ0n) is 17.1. The molecule has 3 aromatic rings. The lowest BCUT2D eigenvalue weighted by atomic mass is 9.94. The molecule has 0 radical (unpaired) electrons. The standard InChI is InChI=1S/C21H22FN7O2/c1-27-12-13(11-25-27)19-16(10-23)18-17(2-3-24-20(18)26-19)28-4-6-29(7-5-28)21(30)31-15-8-14(22)9-15/h2-3,11-12,14-15H,4-9H2,1H3,(H,24,26). The van der Waals surface area contributed by atoms with Crippen molar-refractivity contribution in [2.24, 2.45) is 7.05 Å². The number of amides is 1. The lowest BCUT2D eigenvalue weighted by molar-refractivity contribution is -0.0132. The Labute approximate surface area is 178 Å². The minimum atomic E-state index is -0.851. The summed E-state index contributed by atoms with van der Waals surface area (Å²) in [6, 6.07) is 4.22. The molecule has 5 rings (SSSR count). The summed E-state index contributed by atoms with van der Waals surface area (Å²) in [5.74, 6) is 0. The molecule has 0 atom stereocenters. The van der Waals surface area contributed by atoms with E-state index in [4.69, 9.17) is 4.74 Å². The lowest BCUT2D eigenvalue weighted by Gasteiger charge is -2.37. The van der Waals surface area contributed by atoms with Crippen molar-refractivity contribution in [3.63, 3.8) is 0 Å². The van der Waals surface area contributed by atoms with E-state index in [0.717, 1.165) is 16.6 Å². The summed E-state index contributed by atoms with van der Waals surface area (Å²) >= 11 is 0. The monoisotopic (exact) mass is 423 g/mol. The van der Waals surface area contributed by atoms with Gasteiger partial charge in [0.1, 0.15) is 24.0 Å². The molecular weight excluding hydrogens is 401 g/mol. The van der Waals surface area contributed by atoms with Gasteiger partial charge in [0.15, 0.2) is 0 Å². The minimum Gasteiger partial charge on any atom is -0.446 e. The highest BCUT2D eigenvalue weighted by Crippen LogP contribution is 2.35. The van der Waals surface area contributed by atoms with Crippen LogP contribution in [-0.2, 0) is 11.8 Å². The molecule has 31 heavy (non-hydrogen) atoms. The molecule has 0 bridgehead atoms. The molecule has 9 nitrogen and oxygen atoms in total. The van der Waals surface area contributed by atoms with E-state index in [-0.39, 0.29) is 12.2 Å². The van der Waals surface area contributed by atoms with Gasteiger partial charge in [0, 0.05) is 64.0 Å². The van der Waals surface area contributed by atoms with Crippen LogP contribution in [0, 0.1) is 11.3 Å². The van der Waals surface area contributed by atoms with E-state index in [9.17, 15) is 14.4 Å². The highest BCUT2D eigenvalue weighted by Gasteiger charge is 2.34. The third-order valence-electron chi connectivity index (χ3n) is 5.96. The van der Waals surface area contributed by atoms with Gasteiger partial charge in [-0.05, 0) is 6.07 Å². The van der Waals surface area contributed by atoms with E-state index >= 15 is 0 Å². The van der Waals surface area contributed by atoms with Gasteiger partial charge in [-0.2, -0.15) is 10.4 Å². The van der Waals surface area contributed by atoms with Crippen LogP contribution in [0.4, 0.5) is 14.9 Å². The Hall–Kier alpha value is -3.61. The third-order valence-corrected chi connectivity index (χ3v) is 5.96. The van der Waals surface area contributed by atoms with Crippen LogP contribution in [0.25, 0.3) is 22.3 Å². The number of nitrogens with zero attached hydrogens (tertiary/aromatic N) is 6. The lowest BCUT2D eigenvalue weighted by Crippen LogP contribution is -2.50. The zero-order valence-corrected chi connectivity index (χ0v) is 17.1. The largest absolute Gasteiger partial charge is 0.446 e. The van der Waals surface area contributed by atoms with Crippen LogP contribution in [0.5, 0.6) is 0 Å². The number of nitrogens with one attached hydrogen (secondary N) is 1. The molecule has 1 aliphatic carbocycles. The molecule has 10 heteroatoms. The second-order valence-electron chi connectivity index (χ2n) is 7.99. The second kappa shape index (κ2) is 7.58. The summed E-state index contributed by atoms with van der Waals surface area (Å²) < 4.78 is 20.0. The molecule has 0 spiro atoms. The molecule has 1 amide bonds. The number of anilines is 1. The van der Waals surface area contributed by atoms with Crippen molar-refractivity contribution in [2.45, 2.75) is 25.1 Å². The number of ether oxygens (including phenoxy) is 1. The number of alkyl halides is 1. The number of aromatic nitrogens is 4. The molecule has 0 aromatic carbocycles. The number of H-pyrrole nitrogens is 1. The summed E-state index contributed by atoms with van der Waals surface area (Å²) in [5, 5.41) is 14.9. The number of carbonyl (C=O) groups excluding carboxylic acids is 1. The predicted octanol–water partition coefficient (Wildman–Crippen LogP) is 2.59. The van der Waals surface area contributed by atoms with E-state index in [1.807, 2.05) is 19.3 Å². The topological polar surface area (TPSA) is 103 Å². The first-order valence-corrected chi connectivity index (χ1v) is 10.3. The van der Waals surface area contributed by atoms with Gasteiger partial charge in [-0.1, -0.05) is 0 Å². The fraction of sp³-hybridized carbons (Fsp3) is 0.429. The van der Waals surface area contributed by atoms with Crippen molar-refractivity contribution in [3.05, 3.63) is 30.2 Å².